The number of carbonyl (C=O) groups is 1. The van der Waals surface area contributed by atoms with Gasteiger partial charge in [-0.3, -0.25) is 4.79 Å². The molecule has 0 bridgehead atoms. The van der Waals surface area contributed by atoms with Gasteiger partial charge in [-0.05, 0) is 12.1 Å². The molecule has 18 heavy (non-hydrogen) atoms. The Bertz CT molecular complexity index is 583. The molecule has 1 N–H and O–H groups in total. The van der Waals surface area contributed by atoms with E-state index >= 15 is 0 Å². The minimum Gasteiger partial charge on any atom is -0.481 e. The third-order valence-electron chi connectivity index (χ3n) is 2.29. The van der Waals surface area contributed by atoms with Gasteiger partial charge in [-0.25, -0.2) is 13.5 Å². The number of rotatable bonds is 4. The van der Waals surface area contributed by atoms with Crippen LogP contribution in [0.1, 0.15) is 12.1 Å². The van der Waals surface area contributed by atoms with E-state index in [9.17, 15) is 13.6 Å². The van der Waals surface area contributed by atoms with Crippen LogP contribution < -0.4 is 0 Å². The lowest BCUT2D eigenvalue weighted by Gasteiger charge is -2.01. The normalized spacial score (nSPS) is 10.6. The molecule has 0 spiro atoms. The molecule has 0 saturated carbocycles. The van der Waals surface area contributed by atoms with Gasteiger partial charge < -0.3 is 5.11 Å². The van der Waals surface area contributed by atoms with Crippen molar-refractivity contribution in [3.63, 3.8) is 0 Å². The molecule has 0 amide bonds. The van der Waals surface area contributed by atoms with Crippen LogP contribution in [0.3, 0.4) is 0 Å². The van der Waals surface area contributed by atoms with Crippen molar-refractivity contribution in [2.45, 2.75) is 12.8 Å². The molecule has 1 aromatic carbocycles. The zero-order valence-corrected chi connectivity index (χ0v) is 9.18. The lowest BCUT2D eigenvalue weighted by molar-refractivity contribution is -0.136. The summed E-state index contributed by atoms with van der Waals surface area (Å²) < 4.78 is 27.5. The van der Waals surface area contributed by atoms with Crippen LogP contribution in [0.5, 0.6) is 0 Å². The number of carboxylic acids is 1. The summed E-state index contributed by atoms with van der Waals surface area (Å²) in [7, 11) is 0. The summed E-state index contributed by atoms with van der Waals surface area (Å²) in [5, 5.41) is 15.8. The third-order valence-corrected chi connectivity index (χ3v) is 2.29. The van der Waals surface area contributed by atoms with Crippen LogP contribution >= 0.6 is 0 Å². The van der Waals surface area contributed by atoms with E-state index in [0.717, 1.165) is 22.9 Å². The number of hydrogen-bond donors (Lipinski definition) is 1. The Balaban J connectivity index is 2.23. The first-order valence-electron chi connectivity index (χ1n) is 5.14. The lowest BCUT2D eigenvalue weighted by Crippen LogP contribution is -1.99. The molecule has 0 aliphatic rings. The van der Waals surface area contributed by atoms with Gasteiger partial charge in [0.1, 0.15) is 17.3 Å². The molecule has 2 rings (SSSR count). The Hall–Kier alpha value is -2.31. The highest BCUT2D eigenvalue weighted by Gasteiger charge is 2.09. The molecular weight excluding hydrogens is 244 g/mol. The van der Waals surface area contributed by atoms with Crippen molar-refractivity contribution in [1.82, 2.24) is 15.0 Å². The van der Waals surface area contributed by atoms with E-state index < -0.39 is 17.6 Å². The highest BCUT2D eigenvalue weighted by Crippen LogP contribution is 2.14. The highest BCUT2D eigenvalue weighted by molar-refractivity contribution is 5.66. The summed E-state index contributed by atoms with van der Waals surface area (Å²) >= 11 is 0. The predicted molar refractivity (Wildman–Crippen MR) is 57.2 cm³/mol. The second-order valence-corrected chi connectivity index (χ2v) is 3.64. The molecule has 5 nitrogen and oxygen atoms in total. The molecule has 1 aromatic heterocycles. The first-order valence-corrected chi connectivity index (χ1v) is 5.14. The minimum absolute atomic E-state index is 0.0657. The maximum Gasteiger partial charge on any atom is 0.303 e. The van der Waals surface area contributed by atoms with Crippen LogP contribution in [0.4, 0.5) is 8.78 Å². The van der Waals surface area contributed by atoms with Gasteiger partial charge in [0.15, 0.2) is 0 Å². The molecule has 1 heterocycles. The predicted octanol–water partition coefficient (Wildman–Crippen LogP) is 1.56. The van der Waals surface area contributed by atoms with Crippen LogP contribution in [-0.4, -0.2) is 26.1 Å². The summed E-state index contributed by atoms with van der Waals surface area (Å²) in [6.07, 6.45) is 1.47. The fourth-order valence-corrected chi connectivity index (χ4v) is 1.43. The number of aromatic nitrogens is 3. The van der Waals surface area contributed by atoms with E-state index in [1.165, 1.54) is 6.20 Å². The molecular formula is C11H9F2N3O2. The van der Waals surface area contributed by atoms with E-state index in [1.54, 1.807) is 0 Å². The zero-order valence-electron chi connectivity index (χ0n) is 9.18. The van der Waals surface area contributed by atoms with Gasteiger partial charge in [0.25, 0.3) is 0 Å². The molecule has 0 unspecified atom stereocenters. The van der Waals surface area contributed by atoms with Gasteiger partial charge in [0, 0.05) is 12.5 Å². The van der Waals surface area contributed by atoms with Crippen LogP contribution in [0.2, 0.25) is 0 Å². The number of halogens is 2. The third kappa shape index (κ3) is 2.68. The highest BCUT2D eigenvalue weighted by atomic mass is 19.1. The lowest BCUT2D eigenvalue weighted by atomic mass is 10.2. The number of carboxylic acid groups (broad SMARTS) is 1. The summed E-state index contributed by atoms with van der Waals surface area (Å²) in [6.45, 7) is 0. The van der Waals surface area contributed by atoms with E-state index in [4.69, 9.17) is 5.11 Å². The van der Waals surface area contributed by atoms with Gasteiger partial charge in [0.05, 0.1) is 18.3 Å². The number of hydrogen-bond acceptors (Lipinski definition) is 3. The summed E-state index contributed by atoms with van der Waals surface area (Å²) in [4.78, 5) is 10.4. The average Bonchev–Trinajstić information content (AvgIpc) is 2.78. The first-order chi connectivity index (χ1) is 8.56. The molecule has 0 aliphatic carbocycles. The first kappa shape index (κ1) is 12.2. The Morgan fingerprint density at radius 2 is 2.17 bits per heavy atom. The molecule has 0 atom stereocenters. The fourth-order valence-electron chi connectivity index (χ4n) is 1.43. The summed E-state index contributed by atoms with van der Waals surface area (Å²) in [5.74, 6) is -2.18. The van der Waals surface area contributed by atoms with Crippen LogP contribution in [0.25, 0.3) is 5.69 Å². The second-order valence-electron chi connectivity index (χ2n) is 3.64. The van der Waals surface area contributed by atoms with Crippen molar-refractivity contribution in [2.24, 2.45) is 0 Å². The van der Waals surface area contributed by atoms with E-state index in [-0.39, 0.29) is 18.5 Å². The van der Waals surface area contributed by atoms with Crippen LogP contribution in [-0.2, 0) is 11.2 Å². The Labute approximate surface area is 101 Å². The Morgan fingerprint density at radius 1 is 1.39 bits per heavy atom. The number of benzene rings is 1. The van der Waals surface area contributed by atoms with Crippen molar-refractivity contribution in [3.05, 3.63) is 41.7 Å². The molecule has 2 aromatic rings. The van der Waals surface area contributed by atoms with Crippen molar-refractivity contribution in [1.29, 1.82) is 0 Å². The van der Waals surface area contributed by atoms with Gasteiger partial charge in [-0.15, -0.1) is 5.10 Å². The van der Waals surface area contributed by atoms with Crippen molar-refractivity contribution < 1.29 is 18.7 Å². The SMILES string of the molecule is O=C(O)CCc1cn(-c2cc(F)ccc2F)nn1. The van der Waals surface area contributed by atoms with Gasteiger partial charge in [-0.1, -0.05) is 5.21 Å². The molecule has 0 aliphatic heterocycles. The smallest absolute Gasteiger partial charge is 0.303 e. The van der Waals surface area contributed by atoms with Gasteiger partial charge in [-0.2, -0.15) is 0 Å². The van der Waals surface area contributed by atoms with E-state index in [2.05, 4.69) is 10.3 Å². The van der Waals surface area contributed by atoms with E-state index in [1.807, 2.05) is 0 Å². The number of aliphatic carboxylic acids is 1. The fraction of sp³-hybridized carbons (Fsp3) is 0.182. The largest absolute Gasteiger partial charge is 0.481 e. The Kier molecular flexibility index (Phi) is 3.31. The summed E-state index contributed by atoms with van der Waals surface area (Å²) in [5.41, 5.74) is 0.338. The van der Waals surface area contributed by atoms with Crippen molar-refractivity contribution >= 4 is 5.97 Å². The monoisotopic (exact) mass is 253 g/mol. The molecule has 0 saturated heterocycles. The molecule has 94 valence electrons. The minimum atomic E-state index is -0.957. The summed E-state index contributed by atoms with van der Waals surface area (Å²) in [6, 6.07) is 2.98. The maximum atomic E-state index is 13.4. The van der Waals surface area contributed by atoms with Gasteiger partial charge in [0.2, 0.25) is 0 Å². The standard InChI is InChI=1S/C11H9F2N3O2/c12-7-1-3-9(13)10(5-7)16-6-8(14-15-16)2-4-11(17)18/h1,3,5-6H,2,4H2,(H,17,18). The van der Waals surface area contributed by atoms with Gasteiger partial charge >= 0.3 is 5.97 Å². The maximum absolute atomic E-state index is 13.4. The molecule has 0 fully saturated rings. The number of aryl methyl sites for hydroxylation is 1. The molecule has 0 radical (unpaired) electrons. The number of nitrogens with zero attached hydrogens (tertiary/aromatic N) is 3. The van der Waals surface area contributed by atoms with E-state index in [0.29, 0.717) is 5.69 Å². The molecule has 7 heteroatoms. The Morgan fingerprint density at radius 3 is 2.89 bits per heavy atom. The average molecular weight is 253 g/mol. The zero-order chi connectivity index (χ0) is 13.1. The quantitative estimate of drug-likeness (QED) is 0.897. The van der Waals surface area contributed by atoms with Crippen molar-refractivity contribution in [2.75, 3.05) is 0 Å². The van der Waals surface area contributed by atoms with Crippen LogP contribution in [0.15, 0.2) is 24.4 Å². The second kappa shape index (κ2) is 4.91. The van der Waals surface area contributed by atoms with Crippen LogP contribution in [0, 0.1) is 11.6 Å². The topological polar surface area (TPSA) is 68.0 Å². The van der Waals surface area contributed by atoms with Crippen molar-refractivity contribution in [3.8, 4) is 5.69 Å².